The van der Waals surface area contributed by atoms with E-state index in [1.54, 1.807) is 0 Å². The van der Waals surface area contributed by atoms with Gasteiger partial charge in [-0.15, -0.1) is 0 Å². The average Bonchev–Trinajstić information content (AvgIpc) is 4.04. The molecule has 10 aromatic carbocycles. The second-order valence-corrected chi connectivity index (χ2v) is 16.8. The number of furan rings is 2. The van der Waals surface area contributed by atoms with Gasteiger partial charge in [0.25, 0.3) is 0 Å². The van der Waals surface area contributed by atoms with Gasteiger partial charge in [-0.2, -0.15) is 0 Å². The Morgan fingerprint density at radius 3 is 1.66 bits per heavy atom. The third kappa shape index (κ3) is 5.41. The molecule has 1 aliphatic carbocycles. The molecule has 0 saturated heterocycles. The van der Waals surface area contributed by atoms with Crippen LogP contribution in [-0.2, 0) is 5.41 Å². The van der Waals surface area contributed by atoms with Crippen molar-refractivity contribution in [2.75, 3.05) is 4.90 Å². The van der Waals surface area contributed by atoms with Gasteiger partial charge in [0.2, 0.25) is 0 Å². The molecule has 0 bridgehead atoms. The van der Waals surface area contributed by atoms with Crippen LogP contribution in [-0.4, -0.2) is 0 Å². The molecule has 0 amide bonds. The molecule has 12 aromatic rings. The SMILES string of the molecule is c1ccc(-c2cccc3c2oc2ccc(-c4ccc(N(c5ccc6c(c5)C(c5ccccc5)(c5ccccc5)c5ccccc5-6)c5cccc6c5oc5ccccc56)cc4)cc23)cc1. The van der Waals surface area contributed by atoms with Crippen molar-refractivity contribution in [1.29, 1.82) is 0 Å². The Kier molecular flexibility index (Phi) is 8.13. The molecule has 64 heavy (non-hydrogen) atoms. The molecular weight excluding hydrogens is 779 g/mol. The van der Waals surface area contributed by atoms with Gasteiger partial charge in [0.15, 0.2) is 5.58 Å². The van der Waals surface area contributed by atoms with Crippen molar-refractivity contribution >= 4 is 60.9 Å². The van der Waals surface area contributed by atoms with Crippen molar-refractivity contribution in [3.8, 4) is 33.4 Å². The van der Waals surface area contributed by atoms with Gasteiger partial charge in [-0.05, 0) is 98.6 Å². The highest BCUT2D eigenvalue weighted by molar-refractivity contribution is 6.12. The maximum absolute atomic E-state index is 6.78. The highest BCUT2D eigenvalue weighted by Gasteiger charge is 2.46. The van der Waals surface area contributed by atoms with Gasteiger partial charge in [0, 0.05) is 38.5 Å². The Morgan fingerprint density at radius 2 is 0.875 bits per heavy atom. The van der Waals surface area contributed by atoms with Gasteiger partial charge in [0.1, 0.15) is 16.7 Å². The maximum Gasteiger partial charge on any atom is 0.159 e. The third-order valence-electron chi connectivity index (χ3n) is 13.4. The van der Waals surface area contributed by atoms with E-state index in [9.17, 15) is 0 Å². The van der Waals surface area contributed by atoms with Gasteiger partial charge >= 0.3 is 0 Å². The van der Waals surface area contributed by atoms with E-state index in [4.69, 9.17) is 8.83 Å². The summed E-state index contributed by atoms with van der Waals surface area (Å²) in [7, 11) is 0. The van der Waals surface area contributed by atoms with Crippen LogP contribution in [0.15, 0.2) is 245 Å². The first-order valence-electron chi connectivity index (χ1n) is 21.9. The number of para-hydroxylation sites is 3. The van der Waals surface area contributed by atoms with Crippen LogP contribution in [0, 0.1) is 0 Å². The zero-order valence-electron chi connectivity index (χ0n) is 34.8. The average molecular weight is 818 g/mol. The van der Waals surface area contributed by atoms with E-state index in [-0.39, 0.29) is 0 Å². The van der Waals surface area contributed by atoms with Crippen LogP contribution >= 0.6 is 0 Å². The van der Waals surface area contributed by atoms with Crippen LogP contribution in [0.5, 0.6) is 0 Å². The fourth-order valence-electron chi connectivity index (χ4n) is 10.5. The lowest BCUT2D eigenvalue weighted by molar-refractivity contribution is 0.669. The summed E-state index contributed by atoms with van der Waals surface area (Å²) in [6.45, 7) is 0. The molecule has 0 fully saturated rings. The van der Waals surface area contributed by atoms with E-state index in [1.807, 2.05) is 12.1 Å². The lowest BCUT2D eigenvalue weighted by Crippen LogP contribution is -2.28. The number of benzene rings is 10. The third-order valence-corrected chi connectivity index (χ3v) is 13.4. The van der Waals surface area contributed by atoms with Gasteiger partial charge < -0.3 is 13.7 Å². The van der Waals surface area contributed by atoms with Crippen LogP contribution in [0.3, 0.4) is 0 Å². The second kappa shape index (κ2) is 14.3. The molecule has 2 aromatic heterocycles. The molecule has 0 unspecified atom stereocenters. The van der Waals surface area contributed by atoms with Crippen molar-refractivity contribution in [3.05, 3.63) is 259 Å². The molecule has 300 valence electrons. The van der Waals surface area contributed by atoms with Crippen molar-refractivity contribution < 1.29 is 8.83 Å². The first kappa shape index (κ1) is 36.3. The van der Waals surface area contributed by atoms with Crippen molar-refractivity contribution in [2.45, 2.75) is 5.41 Å². The van der Waals surface area contributed by atoms with Crippen molar-refractivity contribution in [3.63, 3.8) is 0 Å². The lowest BCUT2D eigenvalue weighted by Gasteiger charge is -2.35. The van der Waals surface area contributed by atoms with E-state index in [0.29, 0.717) is 0 Å². The molecule has 0 radical (unpaired) electrons. The van der Waals surface area contributed by atoms with Crippen molar-refractivity contribution in [1.82, 2.24) is 0 Å². The Labute approximate surface area is 370 Å². The number of rotatable bonds is 7. The van der Waals surface area contributed by atoms with Gasteiger partial charge in [-0.1, -0.05) is 188 Å². The molecule has 0 aliphatic heterocycles. The minimum absolute atomic E-state index is 0.539. The first-order valence-corrected chi connectivity index (χ1v) is 21.9. The summed E-state index contributed by atoms with van der Waals surface area (Å²) >= 11 is 0. The number of hydrogen-bond donors (Lipinski definition) is 0. The molecule has 3 heteroatoms. The normalized spacial score (nSPS) is 12.8. The number of hydrogen-bond acceptors (Lipinski definition) is 3. The summed E-state index contributed by atoms with van der Waals surface area (Å²) in [5.41, 5.74) is 18.0. The summed E-state index contributed by atoms with van der Waals surface area (Å²) < 4.78 is 13.3. The van der Waals surface area contributed by atoms with E-state index < -0.39 is 5.41 Å². The van der Waals surface area contributed by atoms with E-state index in [2.05, 4.69) is 229 Å². The maximum atomic E-state index is 6.78. The molecule has 0 N–H and O–H groups in total. The van der Waals surface area contributed by atoms with Crippen LogP contribution in [0.1, 0.15) is 22.3 Å². The molecule has 13 rings (SSSR count). The predicted molar refractivity (Wildman–Crippen MR) is 264 cm³/mol. The lowest BCUT2D eigenvalue weighted by atomic mass is 9.67. The number of fused-ring (bicyclic) bond motifs is 9. The fourth-order valence-corrected chi connectivity index (χ4v) is 10.5. The highest BCUT2D eigenvalue weighted by Crippen LogP contribution is 2.57. The summed E-state index contributed by atoms with van der Waals surface area (Å²) in [4.78, 5) is 2.37. The van der Waals surface area contributed by atoms with E-state index in [1.165, 1.54) is 33.4 Å². The van der Waals surface area contributed by atoms with Gasteiger partial charge in [0.05, 0.1) is 11.1 Å². The zero-order chi connectivity index (χ0) is 42.2. The molecule has 0 spiro atoms. The quantitative estimate of drug-likeness (QED) is 0.160. The Bertz CT molecular complexity index is 3680. The molecule has 0 saturated carbocycles. The standard InChI is InChI=1S/C61H39NO2/c1-4-16-41(17-5-1)47-24-14-25-52-53-38-42(32-37-58(53)63-59(47)52)40-30-33-45(34-31-40)62(56-28-15-26-51-50-23-11-13-29-57(50)64-60(51)56)46-35-36-49-48-22-10-12-27-54(48)61(55(49)39-46,43-18-6-2-7-19-43)44-20-8-3-9-21-44/h1-39H. The van der Waals surface area contributed by atoms with Gasteiger partial charge in [-0.3, -0.25) is 0 Å². The predicted octanol–water partition coefficient (Wildman–Crippen LogP) is 16.7. The smallest absolute Gasteiger partial charge is 0.159 e. The monoisotopic (exact) mass is 817 g/mol. The zero-order valence-corrected chi connectivity index (χ0v) is 34.8. The topological polar surface area (TPSA) is 29.5 Å². The van der Waals surface area contributed by atoms with Crippen LogP contribution in [0.4, 0.5) is 17.1 Å². The Hall–Kier alpha value is -8.40. The van der Waals surface area contributed by atoms with E-state index >= 15 is 0 Å². The highest BCUT2D eigenvalue weighted by atomic mass is 16.3. The Balaban J connectivity index is 0.996. The molecule has 1 aliphatic rings. The molecule has 2 heterocycles. The number of anilines is 3. The summed E-state index contributed by atoms with van der Waals surface area (Å²) in [6, 6.07) is 85.2. The molecule has 3 nitrogen and oxygen atoms in total. The first-order chi connectivity index (χ1) is 31.7. The number of nitrogens with zero attached hydrogens (tertiary/aromatic N) is 1. The minimum atomic E-state index is -0.539. The minimum Gasteiger partial charge on any atom is -0.455 e. The largest absolute Gasteiger partial charge is 0.455 e. The van der Waals surface area contributed by atoms with Crippen molar-refractivity contribution in [2.24, 2.45) is 0 Å². The molecular formula is C61H39NO2. The summed E-state index contributed by atoms with van der Waals surface area (Å²) in [5.74, 6) is 0. The molecule has 0 atom stereocenters. The van der Waals surface area contributed by atoms with Crippen LogP contribution in [0.2, 0.25) is 0 Å². The fraction of sp³-hybridized carbons (Fsp3) is 0.0164. The summed E-state index contributed by atoms with van der Waals surface area (Å²) in [6.07, 6.45) is 0. The Morgan fingerprint density at radius 1 is 0.312 bits per heavy atom. The van der Waals surface area contributed by atoms with E-state index in [0.717, 1.165) is 83.2 Å². The van der Waals surface area contributed by atoms with Crippen LogP contribution < -0.4 is 4.90 Å². The second-order valence-electron chi connectivity index (χ2n) is 16.8. The van der Waals surface area contributed by atoms with Crippen LogP contribution in [0.25, 0.3) is 77.3 Å². The van der Waals surface area contributed by atoms with Gasteiger partial charge in [-0.25, -0.2) is 0 Å². The summed E-state index contributed by atoms with van der Waals surface area (Å²) in [5, 5.41) is 4.40.